The Morgan fingerprint density at radius 1 is 1.07 bits per heavy atom. The average molecular weight is 381 g/mol. The maximum absolute atomic E-state index is 12.2. The van der Waals surface area contributed by atoms with Crippen LogP contribution in [0, 0.1) is 0 Å². The number of hydrogen-bond acceptors (Lipinski definition) is 4. The van der Waals surface area contributed by atoms with E-state index in [0.29, 0.717) is 10.8 Å². The molecule has 1 heterocycles. The molecule has 0 radical (unpaired) electrons. The van der Waals surface area contributed by atoms with Crippen LogP contribution >= 0.6 is 11.3 Å². The second-order valence-corrected chi connectivity index (χ2v) is 6.91. The number of anilines is 1. The number of carboxylic acids is 1. The third-order valence-corrected chi connectivity index (χ3v) is 5.05. The minimum Gasteiger partial charge on any atom is -0.484 e. The molecule has 0 aliphatic heterocycles. The van der Waals surface area contributed by atoms with E-state index in [0.717, 1.165) is 22.4 Å². The van der Waals surface area contributed by atoms with E-state index >= 15 is 0 Å². The van der Waals surface area contributed by atoms with Gasteiger partial charge < -0.3 is 15.2 Å². The predicted molar refractivity (Wildman–Crippen MR) is 107 cm³/mol. The molecule has 0 unspecified atom stereocenters. The molecule has 3 rings (SSSR count). The minimum atomic E-state index is -1.08. The highest BCUT2D eigenvalue weighted by atomic mass is 32.1. The van der Waals surface area contributed by atoms with Gasteiger partial charge in [-0.3, -0.25) is 4.79 Å². The van der Waals surface area contributed by atoms with Gasteiger partial charge in [-0.05, 0) is 35.7 Å². The molecule has 1 amide bonds. The van der Waals surface area contributed by atoms with E-state index in [9.17, 15) is 14.7 Å². The normalized spacial score (nSPS) is 10.4. The molecule has 5 nitrogen and oxygen atoms in total. The summed E-state index contributed by atoms with van der Waals surface area (Å²) >= 11 is 1.23. The molecule has 2 N–H and O–H groups in total. The van der Waals surface area contributed by atoms with Crippen LogP contribution in [0.1, 0.15) is 22.8 Å². The maximum atomic E-state index is 12.2. The van der Waals surface area contributed by atoms with Crippen molar-refractivity contribution in [2.45, 2.75) is 13.3 Å². The molecule has 0 fully saturated rings. The molecule has 0 spiro atoms. The summed E-state index contributed by atoms with van der Waals surface area (Å²) in [4.78, 5) is 24.5. The van der Waals surface area contributed by atoms with Crippen LogP contribution in [0.2, 0.25) is 0 Å². The molecular formula is C21H19NO4S. The standard InChI is InChI=1S/C21H19NO4S/c1-2-14-7-6-10-16(11-14)26-13-19(23)22-20-17(21(24)25)12-18(27-20)15-8-4-3-5-9-15/h3-12H,2,13H2,1H3,(H,22,23)(H,24,25). The Labute approximate surface area is 161 Å². The largest absolute Gasteiger partial charge is 0.484 e. The van der Waals surface area contributed by atoms with Crippen LogP contribution in [0.4, 0.5) is 5.00 Å². The quantitative estimate of drug-likeness (QED) is 0.622. The number of ether oxygens (including phenoxy) is 1. The molecule has 138 valence electrons. The zero-order valence-electron chi connectivity index (χ0n) is 14.8. The van der Waals surface area contributed by atoms with Gasteiger partial charge in [0.25, 0.3) is 5.91 Å². The van der Waals surface area contributed by atoms with Gasteiger partial charge in [0.1, 0.15) is 10.8 Å². The summed E-state index contributed by atoms with van der Waals surface area (Å²) in [5.41, 5.74) is 2.09. The lowest BCUT2D eigenvalue weighted by atomic mass is 10.1. The third kappa shape index (κ3) is 4.74. The van der Waals surface area contributed by atoms with E-state index in [2.05, 4.69) is 5.32 Å². The van der Waals surface area contributed by atoms with E-state index in [1.165, 1.54) is 11.3 Å². The SMILES string of the molecule is CCc1cccc(OCC(=O)Nc2sc(-c3ccccc3)cc2C(=O)O)c1. The Morgan fingerprint density at radius 3 is 2.56 bits per heavy atom. The second kappa shape index (κ2) is 8.51. The number of hydrogen-bond donors (Lipinski definition) is 2. The molecule has 0 saturated heterocycles. The van der Waals surface area contributed by atoms with E-state index in [4.69, 9.17) is 4.74 Å². The summed E-state index contributed by atoms with van der Waals surface area (Å²) in [5.74, 6) is -0.875. The van der Waals surface area contributed by atoms with Gasteiger partial charge in [-0.1, -0.05) is 49.4 Å². The monoisotopic (exact) mass is 381 g/mol. The van der Waals surface area contributed by atoms with Crippen molar-refractivity contribution in [3.63, 3.8) is 0 Å². The zero-order valence-corrected chi connectivity index (χ0v) is 15.6. The average Bonchev–Trinajstić information content (AvgIpc) is 3.11. The number of carbonyl (C=O) groups is 2. The van der Waals surface area contributed by atoms with Crippen LogP contribution in [0.5, 0.6) is 5.75 Å². The summed E-state index contributed by atoms with van der Waals surface area (Å²) in [6.07, 6.45) is 0.878. The highest BCUT2D eigenvalue weighted by Gasteiger charge is 2.18. The van der Waals surface area contributed by atoms with Crippen molar-refractivity contribution in [3.05, 3.63) is 71.8 Å². The number of carboxylic acid groups (broad SMARTS) is 1. The van der Waals surface area contributed by atoms with E-state index in [1.54, 1.807) is 12.1 Å². The zero-order chi connectivity index (χ0) is 19.2. The predicted octanol–water partition coefficient (Wildman–Crippen LogP) is 4.69. The number of aromatic carboxylic acids is 1. The first-order valence-corrected chi connectivity index (χ1v) is 9.32. The van der Waals surface area contributed by atoms with Crippen molar-refractivity contribution in [1.82, 2.24) is 0 Å². The van der Waals surface area contributed by atoms with Gasteiger partial charge in [0.15, 0.2) is 6.61 Å². The fraction of sp³-hybridized carbons (Fsp3) is 0.143. The Morgan fingerprint density at radius 2 is 1.85 bits per heavy atom. The molecule has 0 saturated carbocycles. The van der Waals surface area contributed by atoms with Crippen LogP contribution in [0.3, 0.4) is 0 Å². The number of carbonyl (C=O) groups excluding carboxylic acids is 1. The maximum Gasteiger partial charge on any atom is 0.338 e. The first-order chi connectivity index (χ1) is 13.1. The van der Waals surface area contributed by atoms with Gasteiger partial charge in [-0.2, -0.15) is 0 Å². The van der Waals surface area contributed by atoms with E-state index in [-0.39, 0.29) is 12.2 Å². The van der Waals surface area contributed by atoms with Crippen LogP contribution in [-0.2, 0) is 11.2 Å². The summed E-state index contributed by atoms with van der Waals surface area (Å²) in [6.45, 7) is 1.85. The first-order valence-electron chi connectivity index (χ1n) is 8.51. The van der Waals surface area contributed by atoms with Crippen molar-refractivity contribution >= 4 is 28.2 Å². The highest BCUT2D eigenvalue weighted by Crippen LogP contribution is 2.35. The van der Waals surface area contributed by atoms with Crippen LogP contribution in [0.15, 0.2) is 60.7 Å². The molecule has 3 aromatic rings. The molecule has 6 heteroatoms. The Kier molecular flexibility index (Phi) is 5.88. The van der Waals surface area contributed by atoms with Crippen molar-refractivity contribution < 1.29 is 19.4 Å². The van der Waals surface area contributed by atoms with Crippen LogP contribution in [-0.4, -0.2) is 23.6 Å². The molecule has 2 aromatic carbocycles. The van der Waals surface area contributed by atoms with E-state index < -0.39 is 11.9 Å². The number of amides is 1. The van der Waals surface area contributed by atoms with Crippen molar-refractivity contribution in [1.29, 1.82) is 0 Å². The number of benzene rings is 2. The molecule has 27 heavy (non-hydrogen) atoms. The lowest BCUT2D eigenvalue weighted by Gasteiger charge is -2.08. The van der Waals surface area contributed by atoms with Gasteiger partial charge in [0.05, 0.1) is 5.56 Å². The number of aryl methyl sites for hydroxylation is 1. The highest BCUT2D eigenvalue weighted by molar-refractivity contribution is 7.20. The third-order valence-electron chi connectivity index (χ3n) is 3.95. The summed E-state index contributed by atoms with van der Waals surface area (Å²) in [6, 6.07) is 18.6. The Hall–Kier alpha value is -3.12. The second-order valence-electron chi connectivity index (χ2n) is 5.86. The summed E-state index contributed by atoms with van der Waals surface area (Å²) in [7, 11) is 0. The Balaban J connectivity index is 1.71. The molecule has 0 bridgehead atoms. The molecular weight excluding hydrogens is 362 g/mol. The van der Waals surface area contributed by atoms with Crippen molar-refractivity contribution in [2.24, 2.45) is 0 Å². The van der Waals surface area contributed by atoms with Crippen molar-refractivity contribution in [3.8, 4) is 16.2 Å². The lowest BCUT2D eigenvalue weighted by molar-refractivity contribution is -0.118. The van der Waals surface area contributed by atoms with Gasteiger partial charge in [0, 0.05) is 4.88 Å². The molecule has 1 aromatic heterocycles. The topological polar surface area (TPSA) is 75.6 Å². The molecule has 0 atom stereocenters. The lowest BCUT2D eigenvalue weighted by Crippen LogP contribution is -2.20. The van der Waals surface area contributed by atoms with Crippen LogP contribution in [0.25, 0.3) is 10.4 Å². The fourth-order valence-electron chi connectivity index (χ4n) is 2.55. The van der Waals surface area contributed by atoms with E-state index in [1.807, 2.05) is 55.5 Å². The fourth-order valence-corrected chi connectivity index (χ4v) is 3.63. The summed E-state index contributed by atoms with van der Waals surface area (Å²) < 4.78 is 5.52. The number of thiophene rings is 1. The summed E-state index contributed by atoms with van der Waals surface area (Å²) in [5, 5.41) is 12.4. The van der Waals surface area contributed by atoms with Gasteiger partial charge in [-0.25, -0.2) is 4.79 Å². The first kappa shape index (κ1) is 18.7. The number of rotatable bonds is 7. The van der Waals surface area contributed by atoms with Crippen molar-refractivity contribution in [2.75, 3.05) is 11.9 Å². The van der Waals surface area contributed by atoms with Gasteiger partial charge in [0.2, 0.25) is 0 Å². The number of nitrogens with one attached hydrogen (secondary N) is 1. The van der Waals surface area contributed by atoms with Gasteiger partial charge >= 0.3 is 5.97 Å². The molecule has 0 aliphatic carbocycles. The van der Waals surface area contributed by atoms with Gasteiger partial charge in [-0.15, -0.1) is 11.3 Å². The van der Waals surface area contributed by atoms with Crippen LogP contribution < -0.4 is 10.1 Å². The Bertz CT molecular complexity index is 950. The molecule has 0 aliphatic rings. The minimum absolute atomic E-state index is 0.0696. The smallest absolute Gasteiger partial charge is 0.338 e.